The summed E-state index contributed by atoms with van der Waals surface area (Å²) in [4.78, 5) is 32.2. The molecule has 0 bridgehead atoms. The number of ether oxygens (including phenoxy) is 1. The molecule has 3 rings (SSSR count). The second-order valence-electron chi connectivity index (χ2n) is 6.16. The Morgan fingerprint density at radius 2 is 2.12 bits per heavy atom. The van der Waals surface area contributed by atoms with Gasteiger partial charge in [-0.3, -0.25) is 9.59 Å². The van der Waals surface area contributed by atoms with E-state index in [1.165, 1.54) is 29.1 Å². The van der Waals surface area contributed by atoms with Gasteiger partial charge in [0.25, 0.3) is 5.91 Å². The molecule has 1 aliphatic rings. The highest BCUT2D eigenvalue weighted by atomic mass is 32.1. The lowest BCUT2D eigenvalue weighted by molar-refractivity contribution is 0.0660. The van der Waals surface area contributed by atoms with Gasteiger partial charge in [0, 0.05) is 28.1 Å². The van der Waals surface area contributed by atoms with E-state index < -0.39 is 0 Å². The molecule has 0 unspecified atom stereocenters. The lowest BCUT2D eigenvalue weighted by atomic mass is 10.1. The van der Waals surface area contributed by atoms with Gasteiger partial charge in [-0.1, -0.05) is 12.8 Å². The van der Waals surface area contributed by atoms with E-state index in [4.69, 9.17) is 4.74 Å². The second kappa shape index (κ2) is 7.21. The number of nitrogens with one attached hydrogen (secondary N) is 1. The molecule has 1 saturated carbocycles. The molecule has 0 aliphatic heterocycles. The van der Waals surface area contributed by atoms with Crippen molar-refractivity contribution in [3.63, 3.8) is 0 Å². The van der Waals surface area contributed by atoms with Gasteiger partial charge in [-0.2, -0.15) is 0 Å². The maximum Gasteiger partial charge on any atom is 0.270 e. The molecule has 2 aromatic heterocycles. The van der Waals surface area contributed by atoms with Crippen LogP contribution in [-0.2, 0) is 6.54 Å². The third-order valence-electron chi connectivity index (χ3n) is 4.48. The van der Waals surface area contributed by atoms with E-state index in [1.54, 1.807) is 11.3 Å². The van der Waals surface area contributed by atoms with E-state index in [9.17, 15) is 9.59 Å². The Hall–Kier alpha value is -2.08. The van der Waals surface area contributed by atoms with Crippen LogP contribution in [0.3, 0.4) is 0 Å². The van der Waals surface area contributed by atoms with Gasteiger partial charge < -0.3 is 14.6 Å². The highest BCUT2D eigenvalue weighted by Gasteiger charge is 2.28. The lowest BCUT2D eigenvalue weighted by Gasteiger charge is -2.28. The maximum atomic E-state index is 13.0. The van der Waals surface area contributed by atoms with Gasteiger partial charge in [-0.05, 0) is 31.9 Å². The molecule has 1 fully saturated rings. The first-order valence-electron chi connectivity index (χ1n) is 8.21. The number of H-pyrrole nitrogens is 1. The smallest absolute Gasteiger partial charge is 0.270 e. The standard InChI is InChI=1S/C18H22N2O3S/c1-12-7-8-14(24-12)11-20(13-5-3-4-6-13)18(22)15-9-16(21)17(23-2)10-19-15/h7-10,13H,3-6,11H2,1-2H3,(H,19,21). The minimum Gasteiger partial charge on any atom is -0.491 e. The molecule has 2 heterocycles. The Labute approximate surface area is 145 Å². The van der Waals surface area contributed by atoms with Crippen LogP contribution in [0.25, 0.3) is 0 Å². The van der Waals surface area contributed by atoms with Crippen molar-refractivity contribution in [2.24, 2.45) is 0 Å². The zero-order valence-corrected chi connectivity index (χ0v) is 14.8. The highest BCUT2D eigenvalue weighted by molar-refractivity contribution is 7.11. The fourth-order valence-electron chi connectivity index (χ4n) is 3.22. The summed E-state index contributed by atoms with van der Waals surface area (Å²) in [6, 6.07) is 5.73. The van der Waals surface area contributed by atoms with Crippen molar-refractivity contribution in [3.8, 4) is 5.75 Å². The van der Waals surface area contributed by atoms with E-state index in [-0.39, 0.29) is 23.1 Å². The van der Waals surface area contributed by atoms with Crippen LogP contribution in [0.2, 0.25) is 0 Å². The molecule has 0 aromatic carbocycles. The van der Waals surface area contributed by atoms with Crippen molar-refractivity contribution in [2.45, 2.75) is 45.2 Å². The van der Waals surface area contributed by atoms with Crippen molar-refractivity contribution in [1.29, 1.82) is 0 Å². The molecule has 0 radical (unpaired) electrons. The monoisotopic (exact) mass is 346 g/mol. The van der Waals surface area contributed by atoms with E-state index in [1.807, 2.05) is 4.90 Å². The Morgan fingerprint density at radius 1 is 1.38 bits per heavy atom. The molecule has 0 atom stereocenters. The summed E-state index contributed by atoms with van der Waals surface area (Å²) in [7, 11) is 1.44. The van der Waals surface area contributed by atoms with Crippen molar-refractivity contribution < 1.29 is 9.53 Å². The van der Waals surface area contributed by atoms with Crippen LogP contribution in [-0.4, -0.2) is 28.9 Å². The number of carbonyl (C=O) groups excluding carboxylic acids is 1. The van der Waals surface area contributed by atoms with Crippen LogP contribution in [0, 0.1) is 6.92 Å². The van der Waals surface area contributed by atoms with Crippen LogP contribution in [0.4, 0.5) is 0 Å². The Morgan fingerprint density at radius 3 is 2.71 bits per heavy atom. The number of carbonyl (C=O) groups is 1. The first-order chi connectivity index (χ1) is 11.6. The van der Waals surface area contributed by atoms with E-state index >= 15 is 0 Å². The van der Waals surface area contributed by atoms with Gasteiger partial charge in [-0.25, -0.2) is 0 Å². The lowest BCUT2D eigenvalue weighted by Crippen LogP contribution is -2.38. The Bertz CT molecular complexity index is 775. The van der Waals surface area contributed by atoms with Crippen molar-refractivity contribution in [2.75, 3.05) is 7.11 Å². The zero-order chi connectivity index (χ0) is 17.1. The third kappa shape index (κ3) is 3.53. The highest BCUT2D eigenvalue weighted by Crippen LogP contribution is 2.28. The topological polar surface area (TPSA) is 62.4 Å². The summed E-state index contributed by atoms with van der Waals surface area (Å²) < 4.78 is 4.97. The number of nitrogens with zero attached hydrogens (tertiary/aromatic N) is 1. The number of aromatic amines is 1. The van der Waals surface area contributed by atoms with Crippen molar-refractivity contribution >= 4 is 17.2 Å². The van der Waals surface area contributed by atoms with Crippen molar-refractivity contribution in [3.05, 3.63) is 50.1 Å². The summed E-state index contributed by atoms with van der Waals surface area (Å²) in [5, 5.41) is 0. The van der Waals surface area contributed by atoms with Crippen molar-refractivity contribution in [1.82, 2.24) is 9.88 Å². The Kier molecular flexibility index (Phi) is 5.04. The quantitative estimate of drug-likeness (QED) is 0.903. The molecule has 2 aromatic rings. The third-order valence-corrected chi connectivity index (χ3v) is 5.46. The van der Waals surface area contributed by atoms with Gasteiger partial charge in [-0.15, -0.1) is 11.3 Å². The summed E-state index contributed by atoms with van der Waals surface area (Å²) in [6.07, 6.45) is 5.80. The first kappa shape index (κ1) is 16.8. The number of methoxy groups -OCH3 is 1. The van der Waals surface area contributed by atoms with Crippen LogP contribution in [0.1, 0.15) is 45.9 Å². The number of aromatic nitrogens is 1. The number of rotatable bonds is 5. The normalized spacial score (nSPS) is 14.8. The Balaban J connectivity index is 1.87. The molecule has 6 heteroatoms. The molecule has 0 spiro atoms. The fraction of sp³-hybridized carbons (Fsp3) is 0.444. The van der Waals surface area contributed by atoms with Crippen LogP contribution >= 0.6 is 11.3 Å². The van der Waals surface area contributed by atoms with Gasteiger partial charge in [0.15, 0.2) is 5.75 Å². The van der Waals surface area contributed by atoms with Gasteiger partial charge in [0.1, 0.15) is 5.69 Å². The first-order valence-corrected chi connectivity index (χ1v) is 9.03. The molecular weight excluding hydrogens is 324 g/mol. The van der Waals surface area contributed by atoms with Crippen LogP contribution < -0.4 is 10.2 Å². The molecule has 0 saturated heterocycles. The minimum atomic E-state index is -0.280. The van der Waals surface area contributed by atoms with Crippen LogP contribution in [0.5, 0.6) is 5.75 Å². The molecule has 1 aliphatic carbocycles. The zero-order valence-electron chi connectivity index (χ0n) is 14.0. The van der Waals surface area contributed by atoms with Gasteiger partial charge in [0.05, 0.1) is 13.7 Å². The van der Waals surface area contributed by atoms with Gasteiger partial charge >= 0.3 is 0 Å². The number of hydrogen-bond donors (Lipinski definition) is 1. The maximum absolute atomic E-state index is 13.0. The van der Waals surface area contributed by atoms with E-state index in [0.29, 0.717) is 12.2 Å². The predicted octanol–water partition coefficient (Wildman–Crippen LogP) is 3.34. The summed E-state index contributed by atoms with van der Waals surface area (Å²) in [5.74, 6) is 0.0977. The summed E-state index contributed by atoms with van der Waals surface area (Å²) in [6.45, 7) is 2.66. The second-order valence-corrected chi connectivity index (χ2v) is 7.54. The SMILES string of the molecule is COc1c[nH]c(C(=O)N(Cc2ccc(C)s2)C2CCCC2)cc1=O. The molecule has 1 amide bonds. The minimum absolute atomic E-state index is 0.118. The number of hydrogen-bond acceptors (Lipinski definition) is 4. The largest absolute Gasteiger partial charge is 0.491 e. The average Bonchev–Trinajstić information content (AvgIpc) is 3.23. The van der Waals surface area contributed by atoms with E-state index in [0.717, 1.165) is 25.7 Å². The number of aryl methyl sites for hydroxylation is 1. The molecule has 128 valence electrons. The molecule has 5 nitrogen and oxygen atoms in total. The predicted molar refractivity (Wildman–Crippen MR) is 94.8 cm³/mol. The fourth-order valence-corrected chi connectivity index (χ4v) is 4.11. The van der Waals surface area contributed by atoms with Crippen LogP contribution in [0.15, 0.2) is 29.2 Å². The molecular formula is C18H22N2O3S. The van der Waals surface area contributed by atoms with E-state index in [2.05, 4.69) is 24.0 Å². The number of pyridine rings is 1. The van der Waals surface area contributed by atoms with Gasteiger partial charge in [0.2, 0.25) is 5.43 Å². The molecule has 1 N–H and O–H groups in total. The summed E-state index contributed by atoms with van der Waals surface area (Å²) in [5.41, 5.74) is 0.0407. The number of amides is 1. The average molecular weight is 346 g/mol. The molecule has 24 heavy (non-hydrogen) atoms. The summed E-state index contributed by atoms with van der Waals surface area (Å²) >= 11 is 1.71. The number of thiophene rings is 1.